The maximum atomic E-state index is 13.6. The van der Waals surface area contributed by atoms with Gasteiger partial charge in [-0.3, -0.25) is 14.6 Å². The number of aromatic nitrogens is 1. The average molecular weight is 632 g/mol. The van der Waals surface area contributed by atoms with Crippen molar-refractivity contribution in [3.05, 3.63) is 82.5 Å². The molecule has 0 spiro atoms. The van der Waals surface area contributed by atoms with Crippen LogP contribution in [-0.4, -0.2) is 46.4 Å². The van der Waals surface area contributed by atoms with E-state index in [-0.39, 0.29) is 36.2 Å². The topological polar surface area (TPSA) is 134 Å². The molecule has 2 aliphatic carbocycles. The molecule has 8 atom stereocenters. The van der Waals surface area contributed by atoms with Gasteiger partial charge in [0.2, 0.25) is 0 Å². The summed E-state index contributed by atoms with van der Waals surface area (Å²) in [6.45, 7) is 9.03. The van der Waals surface area contributed by atoms with Crippen molar-refractivity contribution in [1.29, 1.82) is 0 Å². The minimum absolute atomic E-state index is 0.0134. The van der Waals surface area contributed by atoms with E-state index in [1.54, 1.807) is 30.6 Å². The standard InChI is InChI=1S/C36H41NO9/c1-21(38)43-20-35(4)27-17-29(42-19-23-10-7-6-8-11-23)36(5)32(34(27,3)14-13-28(35)44-22(2)39)31(40)30-26(46-36)16-25(45-33(30)41)24-12-9-15-37-18-24/h6-12,15-16,18,27-29,31-32,40H,13-14,17,19-20H2,1-5H3/t27?,28-,29-,31-,32?,34-,35-,36+/m0/s1. The van der Waals surface area contributed by atoms with Gasteiger partial charge in [0.25, 0.3) is 0 Å². The zero-order chi connectivity index (χ0) is 32.9. The molecule has 6 rings (SSSR count). The fourth-order valence-electron chi connectivity index (χ4n) is 8.68. The lowest BCUT2D eigenvalue weighted by Gasteiger charge is -2.66. The van der Waals surface area contributed by atoms with Crippen LogP contribution in [0.25, 0.3) is 11.3 Å². The van der Waals surface area contributed by atoms with Gasteiger partial charge in [0.1, 0.15) is 35.4 Å². The molecule has 244 valence electrons. The number of carbonyl (C=O) groups is 2. The zero-order valence-electron chi connectivity index (χ0n) is 26.9. The average Bonchev–Trinajstić information content (AvgIpc) is 3.01. The third-order valence-electron chi connectivity index (χ3n) is 10.7. The van der Waals surface area contributed by atoms with Gasteiger partial charge in [-0.15, -0.1) is 0 Å². The number of aliphatic hydroxyl groups is 1. The fraction of sp³-hybridized carbons (Fsp3) is 0.500. The predicted octanol–water partition coefficient (Wildman–Crippen LogP) is 5.41. The van der Waals surface area contributed by atoms with E-state index in [1.165, 1.54) is 13.8 Å². The molecule has 1 N–H and O–H groups in total. The largest absolute Gasteiger partial charge is 0.484 e. The Balaban J connectivity index is 1.48. The lowest BCUT2D eigenvalue weighted by molar-refractivity contribution is -0.276. The van der Waals surface area contributed by atoms with Crippen LogP contribution in [0.2, 0.25) is 0 Å². The van der Waals surface area contributed by atoms with Crippen LogP contribution in [0, 0.1) is 22.7 Å². The first-order chi connectivity index (χ1) is 21.9. The first-order valence-corrected chi connectivity index (χ1v) is 15.8. The number of aliphatic hydroxyl groups excluding tert-OH is 1. The minimum atomic E-state index is -1.26. The normalized spacial score (nSPS) is 33.0. The molecular weight excluding hydrogens is 590 g/mol. The molecule has 10 heteroatoms. The highest BCUT2D eigenvalue weighted by atomic mass is 16.6. The third kappa shape index (κ3) is 5.41. The van der Waals surface area contributed by atoms with E-state index in [9.17, 15) is 19.5 Å². The molecule has 0 saturated heterocycles. The summed E-state index contributed by atoms with van der Waals surface area (Å²) < 4.78 is 30.8. The summed E-state index contributed by atoms with van der Waals surface area (Å²) in [6.07, 6.45) is 2.36. The second-order valence-corrected chi connectivity index (χ2v) is 13.6. The Morgan fingerprint density at radius 3 is 2.48 bits per heavy atom. The quantitative estimate of drug-likeness (QED) is 0.338. The molecule has 2 unspecified atom stereocenters. The van der Waals surface area contributed by atoms with Crippen molar-refractivity contribution in [3.63, 3.8) is 0 Å². The van der Waals surface area contributed by atoms with Crippen molar-refractivity contribution >= 4 is 11.9 Å². The Labute approximate surface area is 268 Å². The second kappa shape index (κ2) is 12.0. The molecule has 2 saturated carbocycles. The number of nitrogens with zero attached hydrogens (tertiary/aromatic N) is 1. The summed E-state index contributed by atoms with van der Waals surface area (Å²) in [5.41, 5.74) is -1.62. The van der Waals surface area contributed by atoms with E-state index in [4.69, 9.17) is 23.4 Å². The Kier molecular flexibility index (Phi) is 8.31. The molecule has 46 heavy (non-hydrogen) atoms. The van der Waals surface area contributed by atoms with E-state index < -0.39 is 58.2 Å². The number of rotatable bonds is 7. The Morgan fingerprint density at radius 2 is 1.80 bits per heavy atom. The summed E-state index contributed by atoms with van der Waals surface area (Å²) in [7, 11) is 0. The van der Waals surface area contributed by atoms with E-state index >= 15 is 0 Å². The highest BCUT2D eigenvalue weighted by Gasteiger charge is 2.70. The molecule has 3 aliphatic rings. The smallest absolute Gasteiger partial charge is 0.345 e. The number of ether oxygens (including phenoxy) is 4. The molecule has 3 heterocycles. The maximum absolute atomic E-state index is 13.6. The number of hydrogen-bond acceptors (Lipinski definition) is 10. The molecule has 10 nitrogen and oxygen atoms in total. The van der Waals surface area contributed by atoms with Crippen LogP contribution < -0.4 is 10.4 Å². The molecule has 0 amide bonds. The van der Waals surface area contributed by atoms with E-state index in [2.05, 4.69) is 11.9 Å². The summed E-state index contributed by atoms with van der Waals surface area (Å²) in [6, 6.07) is 15.0. The summed E-state index contributed by atoms with van der Waals surface area (Å²) in [4.78, 5) is 42.1. The van der Waals surface area contributed by atoms with Crippen LogP contribution in [0.1, 0.15) is 71.1 Å². The molecular formula is C36H41NO9. The van der Waals surface area contributed by atoms with Gasteiger partial charge in [0.15, 0.2) is 0 Å². The van der Waals surface area contributed by atoms with Crippen molar-refractivity contribution in [2.75, 3.05) is 6.61 Å². The van der Waals surface area contributed by atoms with Gasteiger partial charge in [0.05, 0.1) is 18.8 Å². The van der Waals surface area contributed by atoms with Gasteiger partial charge in [-0.2, -0.15) is 0 Å². The van der Waals surface area contributed by atoms with Crippen LogP contribution in [0.3, 0.4) is 0 Å². The van der Waals surface area contributed by atoms with Crippen LogP contribution in [0.15, 0.2) is 70.1 Å². The molecule has 2 aromatic heterocycles. The number of hydrogen-bond donors (Lipinski definition) is 1. The Morgan fingerprint density at radius 1 is 1.04 bits per heavy atom. The summed E-state index contributed by atoms with van der Waals surface area (Å²) in [5, 5.41) is 12.3. The van der Waals surface area contributed by atoms with Crippen molar-refractivity contribution in [1.82, 2.24) is 4.98 Å². The second-order valence-electron chi connectivity index (χ2n) is 13.6. The van der Waals surface area contributed by atoms with Crippen molar-refractivity contribution in [2.45, 2.75) is 84.4 Å². The molecule has 3 aromatic rings. The monoisotopic (exact) mass is 631 g/mol. The van der Waals surface area contributed by atoms with Gasteiger partial charge in [-0.05, 0) is 55.2 Å². The van der Waals surface area contributed by atoms with E-state index in [0.29, 0.717) is 24.8 Å². The van der Waals surface area contributed by atoms with Crippen LogP contribution >= 0.6 is 0 Å². The lowest BCUT2D eigenvalue weighted by Crippen LogP contribution is -2.71. The van der Waals surface area contributed by atoms with Gasteiger partial charge in [0, 0.05) is 49.2 Å². The van der Waals surface area contributed by atoms with Crippen molar-refractivity contribution < 1.29 is 38.1 Å². The summed E-state index contributed by atoms with van der Waals surface area (Å²) in [5.74, 6) is -1.23. The van der Waals surface area contributed by atoms with Gasteiger partial charge in [-0.25, -0.2) is 4.79 Å². The highest BCUT2D eigenvalue weighted by molar-refractivity contribution is 5.67. The SMILES string of the molecule is CC(=O)OC[C@@]1(C)C2C[C@H](OCc3ccccc3)[C@@]3(C)Oc4cc(-c5cccnc5)oc(=O)c4[C@H](O)C3[C@@]2(C)CC[C@@H]1OC(C)=O. The number of fused-ring (bicyclic) bond motifs is 4. The first kappa shape index (κ1) is 31.9. The zero-order valence-corrected chi connectivity index (χ0v) is 26.9. The highest BCUT2D eigenvalue weighted by Crippen LogP contribution is 2.67. The van der Waals surface area contributed by atoms with Crippen LogP contribution in [-0.2, 0) is 30.4 Å². The molecule has 1 aromatic carbocycles. The number of carbonyl (C=O) groups excluding carboxylic acids is 2. The van der Waals surface area contributed by atoms with Gasteiger partial charge >= 0.3 is 17.6 Å². The Hall–Kier alpha value is -4.02. The molecule has 0 radical (unpaired) electrons. The third-order valence-corrected chi connectivity index (χ3v) is 10.7. The minimum Gasteiger partial charge on any atom is -0.484 e. The van der Waals surface area contributed by atoms with Crippen LogP contribution in [0.4, 0.5) is 0 Å². The molecule has 2 fully saturated rings. The number of benzene rings is 1. The summed E-state index contributed by atoms with van der Waals surface area (Å²) >= 11 is 0. The Bertz CT molecular complexity index is 1660. The lowest BCUT2D eigenvalue weighted by atomic mass is 9.42. The van der Waals surface area contributed by atoms with Crippen LogP contribution in [0.5, 0.6) is 5.75 Å². The van der Waals surface area contributed by atoms with Crippen molar-refractivity contribution in [3.8, 4) is 17.1 Å². The first-order valence-electron chi connectivity index (χ1n) is 15.8. The molecule has 1 aliphatic heterocycles. The van der Waals surface area contributed by atoms with E-state index in [1.807, 2.05) is 44.2 Å². The maximum Gasteiger partial charge on any atom is 0.345 e. The molecule has 0 bridgehead atoms. The van der Waals surface area contributed by atoms with Gasteiger partial charge < -0.3 is 28.5 Å². The number of esters is 2. The van der Waals surface area contributed by atoms with Crippen molar-refractivity contribution in [2.24, 2.45) is 22.7 Å². The van der Waals surface area contributed by atoms with E-state index in [0.717, 1.165) is 5.56 Å². The fourth-order valence-corrected chi connectivity index (χ4v) is 8.68. The van der Waals surface area contributed by atoms with Gasteiger partial charge in [-0.1, -0.05) is 44.2 Å². The predicted molar refractivity (Wildman–Crippen MR) is 166 cm³/mol. The number of pyridine rings is 1.